The fraction of sp³-hybridized carbons (Fsp3) is 0.0909. The number of rotatable bonds is 2. The lowest BCUT2D eigenvalue weighted by Crippen LogP contribution is -2.12. The Bertz CT molecular complexity index is 668. The molecular weight excluding hydrogens is 364 g/mol. The van der Waals surface area contributed by atoms with E-state index in [-0.39, 0.29) is 5.69 Å². The Morgan fingerprint density at radius 1 is 1.30 bits per heavy atom. The summed E-state index contributed by atoms with van der Waals surface area (Å²) in [7, 11) is 0. The Hall–Kier alpha value is -1.54. The molecule has 2 aromatic rings. The van der Waals surface area contributed by atoms with Gasteiger partial charge in [0.2, 0.25) is 0 Å². The van der Waals surface area contributed by atoms with Crippen LogP contribution >= 0.6 is 27.5 Å². The van der Waals surface area contributed by atoms with Crippen molar-refractivity contribution >= 4 is 33.5 Å². The molecule has 0 saturated carbocycles. The Balaban J connectivity index is 2.67. The zero-order valence-corrected chi connectivity index (χ0v) is 11.8. The maximum absolute atomic E-state index is 12.8. The van der Waals surface area contributed by atoms with Crippen LogP contribution < -0.4 is 0 Å². The number of nitrogens with zero attached hydrogens (tertiary/aromatic N) is 2. The van der Waals surface area contributed by atoms with E-state index < -0.39 is 28.6 Å². The lowest BCUT2D eigenvalue weighted by atomic mass is 10.2. The highest BCUT2D eigenvalue weighted by Crippen LogP contribution is 2.35. The number of alkyl halides is 3. The van der Waals surface area contributed by atoms with Crippen molar-refractivity contribution in [2.45, 2.75) is 6.18 Å². The summed E-state index contributed by atoms with van der Waals surface area (Å²) < 4.78 is 39.8. The lowest BCUT2D eigenvalue weighted by molar-refractivity contribution is -0.141. The molecular formula is C11H5BrClF3N2O2. The molecule has 2 rings (SSSR count). The third-order valence-corrected chi connectivity index (χ3v) is 3.26. The number of benzene rings is 1. The second-order valence-electron chi connectivity index (χ2n) is 3.71. The summed E-state index contributed by atoms with van der Waals surface area (Å²) in [5.41, 5.74) is -2.38. The molecule has 1 heterocycles. The number of carboxylic acid groups (broad SMARTS) is 1. The minimum atomic E-state index is -4.90. The number of halogens is 5. The van der Waals surface area contributed by atoms with Gasteiger partial charge in [0.1, 0.15) is 10.7 Å². The number of hydrogen-bond donors (Lipinski definition) is 1. The van der Waals surface area contributed by atoms with Gasteiger partial charge in [-0.05, 0) is 24.3 Å². The van der Waals surface area contributed by atoms with E-state index in [0.29, 0.717) is 4.47 Å². The Labute approximate surface area is 123 Å². The van der Waals surface area contributed by atoms with Crippen LogP contribution in [0.15, 0.2) is 28.7 Å². The fourth-order valence-electron chi connectivity index (χ4n) is 1.54. The smallest absolute Gasteiger partial charge is 0.436 e. The van der Waals surface area contributed by atoms with E-state index in [1.807, 2.05) is 0 Å². The van der Waals surface area contributed by atoms with Crippen LogP contribution in [0.2, 0.25) is 5.15 Å². The zero-order chi connectivity index (χ0) is 15.1. The average molecular weight is 370 g/mol. The molecule has 1 aromatic heterocycles. The first-order valence-electron chi connectivity index (χ1n) is 5.06. The van der Waals surface area contributed by atoms with Crippen molar-refractivity contribution in [3.8, 4) is 5.69 Å². The van der Waals surface area contributed by atoms with Crippen LogP contribution in [0.3, 0.4) is 0 Å². The van der Waals surface area contributed by atoms with Crippen LogP contribution in [0.25, 0.3) is 5.69 Å². The van der Waals surface area contributed by atoms with Crippen LogP contribution in [0.5, 0.6) is 0 Å². The van der Waals surface area contributed by atoms with E-state index >= 15 is 0 Å². The maximum atomic E-state index is 12.8. The minimum absolute atomic E-state index is 0.219. The van der Waals surface area contributed by atoms with Crippen molar-refractivity contribution in [3.05, 3.63) is 45.1 Å². The summed E-state index contributed by atoms with van der Waals surface area (Å²) in [4.78, 5) is 10.9. The van der Waals surface area contributed by atoms with Crippen molar-refractivity contribution < 1.29 is 23.1 Å². The van der Waals surface area contributed by atoms with Crippen molar-refractivity contribution in [3.63, 3.8) is 0 Å². The van der Waals surface area contributed by atoms with Crippen molar-refractivity contribution in [2.24, 2.45) is 0 Å². The highest BCUT2D eigenvalue weighted by atomic mass is 79.9. The van der Waals surface area contributed by atoms with Crippen LogP contribution in [0, 0.1) is 0 Å². The lowest BCUT2D eigenvalue weighted by Gasteiger charge is -2.03. The SMILES string of the molecule is O=C(O)c1c(C(F)(F)F)nn(-c2ccc(Br)cc2)c1Cl. The highest BCUT2D eigenvalue weighted by molar-refractivity contribution is 9.10. The summed E-state index contributed by atoms with van der Waals surface area (Å²) >= 11 is 8.89. The number of hydrogen-bond acceptors (Lipinski definition) is 2. The minimum Gasteiger partial charge on any atom is -0.478 e. The van der Waals surface area contributed by atoms with E-state index in [9.17, 15) is 18.0 Å². The van der Waals surface area contributed by atoms with Gasteiger partial charge in [-0.15, -0.1) is 0 Å². The first-order valence-corrected chi connectivity index (χ1v) is 6.24. The predicted octanol–water partition coefficient (Wildman–Crippen LogP) is 4.01. The molecule has 0 aliphatic rings. The van der Waals surface area contributed by atoms with Gasteiger partial charge in [0.05, 0.1) is 5.69 Å². The quantitative estimate of drug-likeness (QED) is 0.870. The largest absolute Gasteiger partial charge is 0.478 e. The number of aromatic carboxylic acids is 1. The fourth-order valence-corrected chi connectivity index (χ4v) is 2.11. The molecule has 20 heavy (non-hydrogen) atoms. The van der Waals surface area contributed by atoms with E-state index in [4.69, 9.17) is 16.7 Å². The molecule has 0 saturated heterocycles. The number of carbonyl (C=O) groups is 1. The topological polar surface area (TPSA) is 55.1 Å². The molecule has 1 aromatic carbocycles. The van der Waals surface area contributed by atoms with Gasteiger partial charge in [-0.1, -0.05) is 27.5 Å². The molecule has 1 N–H and O–H groups in total. The monoisotopic (exact) mass is 368 g/mol. The van der Waals surface area contributed by atoms with E-state index in [1.54, 1.807) is 12.1 Å². The van der Waals surface area contributed by atoms with Gasteiger partial charge in [-0.2, -0.15) is 18.3 Å². The van der Waals surface area contributed by atoms with Gasteiger partial charge >= 0.3 is 12.1 Å². The van der Waals surface area contributed by atoms with Gasteiger partial charge < -0.3 is 5.11 Å². The normalized spacial score (nSPS) is 11.7. The first kappa shape index (κ1) is 14.9. The molecule has 4 nitrogen and oxygen atoms in total. The molecule has 0 radical (unpaired) electrons. The van der Waals surface area contributed by atoms with Gasteiger partial charge in [0, 0.05) is 4.47 Å². The molecule has 0 amide bonds. The standard InChI is InChI=1S/C11H5BrClF3N2O2/c12-5-1-3-6(4-2-5)18-9(13)7(10(19)20)8(17-18)11(14,15)16/h1-4H,(H,19,20). The van der Waals surface area contributed by atoms with Gasteiger partial charge in [-0.25, -0.2) is 9.48 Å². The van der Waals surface area contributed by atoms with Gasteiger partial charge in [0.25, 0.3) is 0 Å². The summed E-state index contributed by atoms with van der Waals surface area (Å²) in [5.74, 6) is -1.79. The van der Waals surface area contributed by atoms with Crippen molar-refractivity contribution in [1.82, 2.24) is 9.78 Å². The summed E-state index contributed by atoms with van der Waals surface area (Å²) in [6.07, 6.45) is -4.90. The second-order valence-corrected chi connectivity index (χ2v) is 4.98. The Morgan fingerprint density at radius 2 is 1.85 bits per heavy atom. The van der Waals surface area contributed by atoms with Gasteiger partial charge in [0.15, 0.2) is 5.69 Å². The highest BCUT2D eigenvalue weighted by Gasteiger charge is 2.41. The third kappa shape index (κ3) is 2.66. The molecule has 0 spiro atoms. The van der Waals surface area contributed by atoms with Crippen LogP contribution in [0.1, 0.15) is 16.1 Å². The number of carboxylic acids is 1. The molecule has 0 fully saturated rings. The van der Waals surface area contributed by atoms with Crippen molar-refractivity contribution in [2.75, 3.05) is 0 Å². The maximum Gasteiger partial charge on any atom is 0.436 e. The van der Waals surface area contributed by atoms with Crippen molar-refractivity contribution in [1.29, 1.82) is 0 Å². The predicted molar refractivity (Wildman–Crippen MR) is 68.2 cm³/mol. The van der Waals surface area contributed by atoms with Gasteiger partial charge in [-0.3, -0.25) is 0 Å². The summed E-state index contributed by atoms with van der Waals surface area (Å²) in [6, 6.07) is 6.05. The zero-order valence-electron chi connectivity index (χ0n) is 9.45. The molecule has 0 aliphatic carbocycles. The average Bonchev–Trinajstić information content (AvgIpc) is 2.68. The molecule has 9 heteroatoms. The third-order valence-electron chi connectivity index (χ3n) is 2.38. The molecule has 0 atom stereocenters. The van der Waals surface area contributed by atoms with E-state index in [0.717, 1.165) is 4.68 Å². The first-order chi connectivity index (χ1) is 9.21. The van der Waals surface area contributed by atoms with Crippen LogP contribution in [0.4, 0.5) is 13.2 Å². The second kappa shape index (κ2) is 5.10. The molecule has 106 valence electrons. The molecule has 0 aliphatic heterocycles. The molecule has 0 bridgehead atoms. The number of aromatic nitrogens is 2. The van der Waals surface area contributed by atoms with E-state index in [2.05, 4.69) is 21.0 Å². The molecule has 0 unspecified atom stereocenters. The van der Waals surface area contributed by atoms with E-state index in [1.165, 1.54) is 12.1 Å². The summed E-state index contributed by atoms with van der Waals surface area (Å²) in [6.45, 7) is 0. The van der Waals surface area contributed by atoms with Crippen LogP contribution in [-0.4, -0.2) is 20.9 Å². The summed E-state index contributed by atoms with van der Waals surface area (Å²) in [5, 5.41) is 11.5. The Kier molecular flexibility index (Phi) is 3.79. The Morgan fingerprint density at radius 3 is 2.25 bits per heavy atom. The van der Waals surface area contributed by atoms with Crippen LogP contribution in [-0.2, 0) is 6.18 Å².